The van der Waals surface area contributed by atoms with Gasteiger partial charge in [0.05, 0.1) is 11.4 Å². The van der Waals surface area contributed by atoms with Gasteiger partial charge in [-0.3, -0.25) is 4.68 Å². The first-order valence-electron chi connectivity index (χ1n) is 5.42. The van der Waals surface area contributed by atoms with Crippen LogP contribution in [0.2, 0.25) is 0 Å². The van der Waals surface area contributed by atoms with Gasteiger partial charge in [0, 0.05) is 25.5 Å². The number of aryl methyl sites for hydroxylation is 1. The van der Waals surface area contributed by atoms with Gasteiger partial charge in [-0.25, -0.2) is 8.42 Å². The van der Waals surface area contributed by atoms with E-state index in [1.165, 1.54) is 6.26 Å². The van der Waals surface area contributed by atoms with Crippen LogP contribution in [0.25, 0.3) is 0 Å². The highest BCUT2D eigenvalue weighted by Crippen LogP contribution is 1.98. The molecule has 0 bridgehead atoms. The monoisotopic (exact) mass is 245 g/mol. The first-order chi connectivity index (χ1) is 7.53. The SMILES string of the molecule is CCn1nccc1CNCCCS(C)(=O)=O. The predicted octanol–water partition coefficient (Wildman–Crippen LogP) is 0.427. The number of hydrogen-bond acceptors (Lipinski definition) is 4. The van der Waals surface area contributed by atoms with E-state index in [0.717, 1.165) is 18.8 Å². The second kappa shape index (κ2) is 6.00. The molecule has 1 rings (SSSR count). The Morgan fingerprint density at radius 1 is 1.50 bits per heavy atom. The summed E-state index contributed by atoms with van der Waals surface area (Å²) in [5, 5.41) is 7.36. The van der Waals surface area contributed by atoms with Gasteiger partial charge in [-0.1, -0.05) is 0 Å². The zero-order valence-corrected chi connectivity index (χ0v) is 10.6. The molecule has 0 saturated heterocycles. The van der Waals surface area contributed by atoms with Gasteiger partial charge in [-0.05, 0) is 26.0 Å². The van der Waals surface area contributed by atoms with Gasteiger partial charge in [0.25, 0.3) is 0 Å². The minimum atomic E-state index is -2.83. The van der Waals surface area contributed by atoms with E-state index in [4.69, 9.17) is 0 Å². The normalized spacial score (nSPS) is 11.9. The van der Waals surface area contributed by atoms with Crippen LogP contribution in [0, 0.1) is 0 Å². The summed E-state index contributed by atoms with van der Waals surface area (Å²) < 4.78 is 23.7. The lowest BCUT2D eigenvalue weighted by Gasteiger charge is -2.06. The van der Waals surface area contributed by atoms with Crippen molar-refractivity contribution in [1.29, 1.82) is 0 Å². The van der Waals surface area contributed by atoms with E-state index in [0.29, 0.717) is 13.0 Å². The van der Waals surface area contributed by atoms with Crippen molar-refractivity contribution in [3.63, 3.8) is 0 Å². The summed E-state index contributed by atoms with van der Waals surface area (Å²) in [6.07, 6.45) is 3.69. The molecule has 6 heteroatoms. The molecule has 0 aliphatic heterocycles. The third kappa shape index (κ3) is 4.76. The summed E-state index contributed by atoms with van der Waals surface area (Å²) in [5.74, 6) is 0.243. The van der Waals surface area contributed by atoms with Crippen LogP contribution < -0.4 is 5.32 Å². The van der Waals surface area contributed by atoms with Crippen LogP contribution in [0.1, 0.15) is 19.0 Å². The Morgan fingerprint density at radius 3 is 2.88 bits per heavy atom. The van der Waals surface area contributed by atoms with E-state index < -0.39 is 9.84 Å². The fourth-order valence-corrected chi connectivity index (χ4v) is 2.14. The standard InChI is InChI=1S/C10H19N3O2S/c1-3-13-10(5-7-12-13)9-11-6-4-8-16(2,14)15/h5,7,11H,3-4,6,8-9H2,1-2H3. The molecule has 0 saturated carbocycles. The highest BCUT2D eigenvalue weighted by molar-refractivity contribution is 7.90. The van der Waals surface area contributed by atoms with Gasteiger partial charge < -0.3 is 5.32 Å². The maximum atomic E-state index is 10.9. The molecule has 0 aliphatic rings. The zero-order chi connectivity index (χ0) is 12.0. The van der Waals surface area contributed by atoms with Crippen molar-refractivity contribution in [2.24, 2.45) is 0 Å². The Morgan fingerprint density at radius 2 is 2.25 bits per heavy atom. The number of hydrogen-bond donors (Lipinski definition) is 1. The van der Waals surface area contributed by atoms with Crippen LogP contribution in [0.15, 0.2) is 12.3 Å². The highest BCUT2D eigenvalue weighted by Gasteiger charge is 2.02. The van der Waals surface area contributed by atoms with Crippen molar-refractivity contribution in [3.8, 4) is 0 Å². The second-order valence-corrected chi connectivity index (χ2v) is 6.06. The Labute approximate surface area is 96.8 Å². The quantitative estimate of drug-likeness (QED) is 0.707. The van der Waals surface area contributed by atoms with Crippen molar-refractivity contribution in [3.05, 3.63) is 18.0 Å². The number of nitrogens with one attached hydrogen (secondary N) is 1. The average Bonchev–Trinajstić information content (AvgIpc) is 2.63. The minimum Gasteiger partial charge on any atom is -0.311 e. The number of sulfone groups is 1. The van der Waals surface area contributed by atoms with E-state index in [9.17, 15) is 8.42 Å². The van der Waals surface area contributed by atoms with Gasteiger partial charge in [-0.15, -0.1) is 0 Å². The number of nitrogens with zero attached hydrogens (tertiary/aromatic N) is 2. The summed E-state index contributed by atoms with van der Waals surface area (Å²) >= 11 is 0. The molecule has 0 unspecified atom stereocenters. The predicted molar refractivity (Wildman–Crippen MR) is 63.9 cm³/mol. The summed E-state index contributed by atoms with van der Waals surface area (Å²) in [5.41, 5.74) is 1.13. The lowest BCUT2D eigenvalue weighted by molar-refractivity contribution is 0.573. The van der Waals surface area contributed by atoms with Gasteiger partial charge in [-0.2, -0.15) is 5.10 Å². The Hall–Kier alpha value is -0.880. The lowest BCUT2D eigenvalue weighted by atomic mass is 10.4. The smallest absolute Gasteiger partial charge is 0.147 e. The summed E-state index contributed by atoms with van der Waals surface area (Å²) in [4.78, 5) is 0. The molecule has 1 heterocycles. The molecule has 1 aromatic heterocycles. The van der Waals surface area contributed by atoms with Crippen LogP contribution in [0.5, 0.6) is 0 Å². The van der Waals surface area contributed by atoms with Gasteiger partial charge >= 0.3 is 0 Å². The van der Waals surface area contributed by atoms with Gasteiger partial charge in [0.1, 0.15) is 9.84 Å². The first-order valence-corrected chi connectivity index (χ1v) is 7.48. The average molecular weight is 245 g/mol. The molecular weight excluding hydrogens is 226 g/mol. The summed E-state index contributed by atoms with van der Waals surface area (Å²) in [7, 11) is -2.83. The third-order valence-corrected chi connectivity index (χ3v) is 3.31. The molecule has 1 N–H and O–H groups in total. The molecule has 0 aliphatic carbocycles. The maximum Gasteiger partial charge on any atom is 0.147 e. The molecule has 92 valence electrons. The van der Waals surface area contributed by atoms with E-state index in [2.05, 4.69) is 10.4 Å². The topological polar surface area (TPSA) is 64.0 Å². The molecule has 0 spiro atoms. The largest absolute Gasteiger partial charge is 0.311 e. The minimum absolute atomic E-state index is 0.243. The van der Waals surface area contributed by atoms with Crippen molar-refractivity contribution in [2.75, 3.05) is 18.6 Å². The molecular formula is C10H19N3O2S. The fourth-order valence-electron chi connectivity index (χ4n) is 1.47. The van der Waals surface area contributed by atoms with Crippen LogP contribution >= 0.6 is 0 Å². The second-order valence-electron chi connectivity index (χ2n) is 3.80. The molecule has 1 aromatic rings. The van der Waals surface area contributed by atoms with Crippen molar-refractivity contribution in [2.45, 2.75) is 26.4 Å². The van der Waals surface area contributed by atoms with Crippen LogP contribution in [0.3, 0.4) is 0 Å². The van der Waals surface area contributed by atoms with E-state index in [1.807, 2.05) is 17.7 Å². The van der Waals surface area contributed by atoms with E-state index in [1.54, 1.807) is 6.20 Å². The molecule has 0 amide bonds. The molecule has 0 aromatic carbocycles. The summed E-state index contributed by atoms with van der Waals surface area (Å²) in [6, 6.07) is 1.97. The van der Waals surface area contributed by atoms with Gasteiger partial charge in [0.2, 0.25) is 0 Å². The highest BCUT2D eigenvalue weighted by atomic mass is 32.2. The van der Waals surface area contributed by atoms with E-state index >= 15 is 0 Å². The van der Waals surface area contributed by atoms with Gasteiger partial charge in [0.15, 0.2) is 0 Å². The molecule has 5 nitrogen and oxygen atoms in total. The Balaban J connectivity index is 2.21. The van der Waals surface area contributed by atoms with Crippen LogP contribution in [-0.2, 0) is 22.9 Å². The van der Waals surface area contributed by atoms with Crippen LogP contribution in [-0.4, -0.2) is 36.8 Å². The zero-order valence-electron chi connectivity index (χ0n) is 9.81. The molecule has 16 heavy (non-hydrogen) atoms. The number of rotatable bonds is 7. The Bertz CT molecular complexity index is 411. The lowest BCUT2D eigenvalue weighted by Crippen LogP contribution is -2.19. The van der Waals surface area contributed by atoms with Crippen LogP contribution in [0.4, 0.5) is 0 Å². The Kier molecular flexibility index (Phi) is 4.95. The van der Waals surface area contributed by atoms with Crippen molar-refractivity contribution >= 4 is 9.84 Å². The molecule has 0 atom stereocenters. The fraction of sp³-hybridized carbons (Fsp3) is 0.700. The van der Waals surface area contributed by atoms with Crippen molar-refractivity contribution < 1.29 is 8.42 Å². The first kappa shape index (κ1) is 13.2. The number of aromatic nitrogens is 2. The third-order valence-electron chi connectivity index (χ3n) is 2.28. The van der Waals surface area contributed by atoms with E-state index in [-0.39, 0.29) is 5.75 Å². The summed E-state index contributed by atoms with van der Waals surface area (Å²) in [6.45, 7) is 4.34. The molecule has 0 radical (unpaired) electrons. The van der Waals surface area contributed by atoms with Crippen molar-refractivity contribution in [1.82, 2.24) is 15.1 Å². The molecule has 0 fully saturated rings. The maximum absolute atomic E-state index is 10.9.